The Bertz CT molecular complexity index is 680. The molecule has 2 heterocycles. The highest BCUT2D eigenvalue weighted by molar-refractivity contribution is 7.99. The SMILES string of the molecule is O=C(O)C1CSCCN1Cc1ccc(F)c2cccnc12. The van der Waals surface area contributed by atoms with Gasteiger partial charge in [-0.2, -0.15) is 11.8 Å². The molecule has 1 atom stereocenters. The number of thioether (sulfide) groups is 1. The van der Waals surface area contributed by atoms with E-state index in [9.17, 15) is 14.3 Å². The molecule has 0 saturated carbocycles. The van der Waals surface area contributed by atoms with Gasteiger partial charge in [-0.25, -0.2) is 4.39 Å². The predicted octanol–water partition coefficient (Wildman–Crippen LogP) is 2.38. The summed E-state index contributed by atoms with van der Waals surface area (Å²) in [7, 11) is 0. The zero-order valence-electron chi connectivity index (χ0n) is 11.3. The Morgan fingerprint density at radius 1 is 1.48 bits per heavy atom. The van der Waals surface area contributed by atoms with Crippen molar-refractivity contribution >= 4 is 28.6 Å². The van der Waals surface area contributed by atoms with Gasteiger partial charge in [0.1, 0.15) is 11.9 Å². The molecule has 1 fully saturated rings. The Kier molecular flexibility index (Phi) is 4.07. The van der Waals surface area contributed by atoms with E-state index in [0.717, 1.165) is 11.3 Å². The van der Waals surface area contributed by atoms with E-state index in [1.54, 1.807) is 36.2 Å². The maximum absolute atomic E-state index is 13.8. The van der Waals surface area contributed by atoms with Crippen molar-refractivity contribution in [3.63, 3.8) is 0 Å². The van der Waals surface area contributed by atoms with Crippen LogP contribution < -0.4 is 0 Å². The molecule has 3 rings (SSSR count). The smallest absolute Gasteiger partial charge is 0.321 e. The minimum atomic E-state index is -0.804. The number of hydrogen-bond donors (Lipinski definition) is 1. The lowest BCUT2D eigenvalue weighted by Gasteiger charge is -2.32. The second-order valence-corrected chi connectivity index (χ2v) is 6.16. The van der Waals surface area contributed by atoms with Gasteiger partial charge in [0.05, 0.1) is 5.52 Å². The maximum atomic E-state index is 13.8. The number of nitrogens with zero attached hydrogens (tertiary/aromatic N) is 2. The number of aliphatic carboxylic acids is 1. The second kappa shape index (κ2) is 5.99. The molecule has 6 heteroatoms. The highest BCUT2D eigenvalue weighted by Gasteiger charge is 2.29. The van der Waals surface area contributed by atoms with Crippen molar-refractivity contribution in [3.05, 3.63) is 41.8 Å². The van der Waals surface area contributed by atoms with E-state index < -0.39 is 12.0 Å². The van der Waals surface area contributed by atoms with E-state index in [1.165, 1.54) is 6.07 Å². The monoisotopic (exact) mass is 306 g/mol. The van der Waals surface area contributed by atoms with Crippen LogP contribution in [0.4, 0.5) is 4.39 Å². The van der Waals surface area contributed by atoms with E-state index in [2.05, 4.69) is 4.98 Å². The molecule has 0 amide bonds. The summed E-state index contributed by atoms with van der Waals surface area (Å²) in [5.41, 5.74) is 1.48. The lowest BCUT2D eigenvalue weighted by atomic mass is 10.1. The van der Waals surface area contributed by atoms with Gasteiger partial charge in [-0.15, -0.1) is 0 Å². The van der Waals surface area contributed by atoms with Crippen LogP contribution in [0.2, 0.25) is 0 Å². The van der Waals surface area contributed by atoms with E-state index >= 15 is 0 Å². The zero-order valence-corrected chi connectivity index (χ0v) is 12.1. The molecule has 21 heavy (non-hydrogen) atoms. The van der Waals surface area contributed by atoms with Crippen molar-refractivity contribution in [3.8, 4) is 0 Å². The first kappa shape index (κ1) is 14.3. The fourth-order valence-corrected chi connectivity index (χ4v) is 3.70. The lowest BCUT2D eigenvalue weighted by molar-refractivity contribution is -0.142. The number of hydrogen-bond acceptors (Lipinski definition) is 4. The van der Waals surface area contributed by atoms with Crippen molar-refractivity contribution < 1.29 is 14.3 Å². The Morgan fingerprint density at radius 2 is 2.33 bits per heavy atom. The van der Waals surface area contributed by atoms with E-state index in [1.807, 2.05) is 4.90 Å². The van der Waals surface area contributed by atoms with Gasteiger partial charge in [0.15, 0.2) is 0 Å². The first-order valence-corrected chi connectivity index (χ1v) is 7.89. The number of carboxylic acids is 1. The maximum Gasteiger partial charge on any atom is 0.321 e. The molecule has 1 aliphatic rings. The number of halogens is 1. The highest BCUT2D eigenvalue weighted by Crippen LogP contribution is 2.24. The molecule has 4 nitrogen and oxygen atoms in total. The van der Waals surface area contributed by atoms with Gasteiger partial charge in [0, 0.05) is 36.2 Å². The summed E-state index contributed by atoms with van der Waals surface area (Å²) in [6.45, 7) is 1.19. The van der Waals surface area contributed by atoms with Crippen molar-refractivity contribution in [1.82, 2.24) is 9.88 Å². The first-order chi connectivity index (χ1) is 10.2. The van der Waals surface area contributed by atoms with Crippen LogP contribution in [0.25, 0.3) is 10.9 Å². The number of pyridine rings is 1. The molecular weight excluding hydrogens is 291 g/mol. The van der Waals surface area contributed by atoms with Gasteiger partial charge in [0.25, 0.3) is 0 Å². The number of benzene rings is 1. The van der Waals surface area contributed by atoms with Crippen LogP contribution in [0.15, 0.2) is 30.5 Å². The van der Waals surface area contributed by atoms with Crippen LogP contribution in [0.5, 0.6) is 0 Å². The minimum Gasteiger partial charge on any atom is -0.480 e. The van der Waals surface area contributed by atoms with Crippen molar-refractivity contribution in [2.75, 3.05) is 18.1 Å². The minimum absolute atomic E-state index is 0.300. The van der Waals surface area contributed by atoms with E-state index in [-0.39, 0.29) is 5.82 Å². The molecule has 0 radical (unpaired) electrons. The van der Waals surface area contributed by atoms with E-state index in [0.29, 0.717) is 29.7 Å². The molecule has 1 aromatic carbocycles. The topological polar surface area (TPSA) is 53.4 Å². The van der Waals surface area contributed by atoms with E-state index in [4.69, 9.17) is 0 Å². The highest BCUT2D eigenvalue weighted by atomic mass is 32.2. The van der Waals surface area contributed by atoms with Gasteiger partial charge < -0.3 is 5.11 Å². The molecule has 1 unspecified atom stereocenters. The van der Waals surface area contributed by atoms with Crippen LogP contribution in [0.3, 0.4) is 0 Å². The molecule has 2 aromatic rings. The summed E-state index contributed by atoms with van der Waals surface area (Å²) in [6, 6.07) is 6.03. The van der Waals surface area contributed by atoms with Crippen LogP contribution in [0.1, 0.15) is 5.56 Å². The molecule has 0 aliphatic carbocycles. The molecular formula is C15H15FN2O2S. The molecule has 1 aromatic heterocycles. The number of fused-ring (bicyclic) bond motifs is 1. The quantitative estimate of drug-likeness (QED) is 0.943. The van der Waals surface area contributed by atoms with Gasteiger partial charge in [0.2, 0.25) is 0 Å². The van der Waals surface area contributed by atoms with Crippen molar-refractivity contribution in [2.24, 2.45) is 0 Å². The summed E-state index contributed by atoms with van der Waals surface area (Å²) in [5, 5.41) is 9.79. The second-order valence-electron chi connectivity index (χ2n) is 5.01. The summed E-state index contributed by atoms with van der Waals surface area (Å²) < 4.78 is 13.8. The number of rotatable bonds is 3. The Labute approximate surface area is 126 Å². The Morgan fingerprint density at radius 3 is 3.14 bits per heavy atom. The summed E-state index contributed by atoms with van der Waals surface area (Å²) in [4.78, 5) is 17.5. The first-order valence-electron chi connectivity index (χ1n) is 6.73. The molecule has 0 bridgehead atoms. The molecule has 1 N–H and O–H groups in total. The normalized spacial score (nSPS) is 19.8. The average molecular weight is 306 g/mol. The molecule has 1 saturated heterocycles. The van der Waals surface area contributed by atoms with Crippen LogP contribution in [0, 0.1) is 5.82 Å². The third-order valence-electron chi connectivity index (χ3n) is 3.70. The third kappa shape index (κ3) is 2.87. The van der Waals surface area contributed by atoms with Gasteiger partial charge in [-0.1, -0.05) is 6.07 Å². The summed E-state index contributed by atoms with van der Waals surface area (Å²) >= 11 is 1.65. The zero-order chi connectivity index (χ0) is 14.8. The summed E-state index contributed by atoms with van der Waals surface area (Å²) in [5.74, 6) is 0.394. The van der Waals surface area contributed by atoms with Crippen LogP contribution in [-0.4, -0.2) is 45.1 Å². The number of carboxylic acid groups (broad SMARTS) is 1. The standard InChI is InChI=1S/C15H15FN2O2S/c16-12-4-3-10(14-11(12)2-1-5-17-14)8-18-6-7-21-9-13(18)15(19)20/h1-5,13H,6-9H2,(H,19,20). The Hall–Kier alpha value is -1.66. The average Bonchev–Trinajstić information content (AvgIpc) is 2.51. The van der Waals surface area contributed by atoms with Crippen LogP contribution >= 0.6 is 11.8 Å². The van der Waals surface area contributed by atoms with Crippen molar-refractivity contribution in [1.29, 1.82) is 0 Å². The van der Waals surface area contributed by atoms with Crippen LogP contribution in [-0.2, 0) is 11.3 Å². The Balaban J connectivity index is 1.94. The molecule has 0 spiro atoms. The fourth-order valence-electron chi connectivity index (χ4n) is 2.60. The number of carbonyl (C=O) groups is 1. The fraction of sp³-hybridized carbons (Fsp3) is 0.333. The lowest BCUT2D eigenvalue weighted by Crippen LogP contribution is -2.46. The van der Waals surface area contributed by atoms with Crippen molar-refractivity contribution in [2.45, 2.75) is 12.6 Å². The molecule has 110 valence electrons. The van der Waals surface area contributed by atoms with Gasteiger partial charge >= 0.3 is 5.97 Å². The summed E-state index contributed by atoms with van der Waals surface area (Å²) in [6.07, 6.45) is 1.63. The van der Waals surface area contributed by atoms with Gasteiger partial charge in [-0.3, -0.25) is 14.7 Å². The number of aromatic nitrogens is 1. The molecule has 1 aliphatic heterocycles. The van der Waals surface area contributed by atoms with Gasteiger partial charge in [-0.05, 0) is 23.8 Å². The third-order valence-corrected chi connectivity index (χ3v) is 4.72. The largest absolute Gasteiger partial charge is 0.480 e. The predicted molar refractivity (Wildman–Crippen MR) is 80.9 cm³/mol.